The average molecular weight is 1100 g/mol. The van der Waals surface area contributed by atoms with Crippen LogP contribution in [-0.4, -0.2) is 87.5 Å². The molecule has 0 aromatic rings. The maximum absolute atomic E-state index is 13.1. The minimum Gasteiger partial charge on any atom is -0.394 e. The van der Waals surface area contributed by atoms with Crippen LogP contribution in [0, 0.1) is 0 Å². The summed E-state index contributed by atoms with van der Waals surface area (Å²) in [6.45, 7) is 3.68. The van der Waals surface area contributed by atoms with Crippen LogP contribution < -0.4 is 5.32 Å². The highest BCUT2D eigenvalue weighted by atomic mass is 16.7. The Morgan fingerprint density at radius 1 is 0.449 bits per heavy atom. The normalized spacial score (nSPS) is 19.1. The summed E-state index contributed by atoms with van der Waals surface area (Å²) in [5.41, 5.74) is 0. The van der Waals surface area contributed by atoms with Crippen molar-refractivity contribution in [1.82, 2.24) is 5.32 Å². The lowest BCUT2D eigenvalue weighted by Crippen LogP contribution is -2.60. The highest BCUT2D eigenvalue weighted by molar-refractivity contribution is 5.76. The number of amides is 1. The maximum Gasteiger partial charge on any atom is 0.220 e. The van der Waals surface area contributed by atoms with Gasteiger partial charge in [0.25, 0.3) is 0 Å². The van der Waals surface area contributed by atoms with E-state index in [4.69, 9.17) is 9.47 Å². The number of aliphatic hydroxyl groups excluding tert-OH is 5. The van der Waals surface area contributed by atoms with Gasteiger partial charge >= 0.3 is 0 Å². The summed E-state index contributed by atoms with van der Waals surface area (Å²) in [5, 5.41) is 54.6. The van der Waals surface area contributed by atoms with E-state index in [2.05, 4.69) is 79.9 Å². The molecule has 0 bridgehead atoms. The Labute approximate surface area is 480 Å². The van der Waals surface area contributed by atoms with Crippen LogP contribution in [0.25, 0.3) is 0 Å². The van der Waals surface area contributed by atoms with Crippen molar-refractivity contribution in [2.45, 2.75) is 346 Å². The number of unbranched alkanes of at least 4 members (excludes halogenated alkanes) is 37. The minimum atomic E-state index is -1.57. The molecule has 7 unspecified atom stereocenters. The zero-order valence-electron chi connectivity index (χ0n) is 50.7. The molecule has 454 valence electrons. The van der Waals surface area contributed by atoms with Crippen molar-refractivity contribution < 1.29 is 39.8 Å². The third-order valence-corrected chi connectivity index (χ3v) is 15.5. The van der Waals surface area contributed by atoms with Gasteiger partial charge < -0.3 is 40.3 Å². The van der Waals surface area contributed by atoms with Gasteiger partial charge in [-0.15, -0.1) is 0 Å². The van der Waals surface area contributed by atoms with Gasteiger partial charge in [0.2, 0.25) is 5.91 Å². The van der Waals surface area contributed by atoms with Gasteiger partial charge in [-0.05, 0) is 70.6 Å². The van der Waals surface area contributed by atoms with Crippen molar-refractivity contribution in [1.29, 1.82) is 0 Å². The predicted molar refractivity (Wildman–Crippen MR) is 332 cm³/mol. The van der Waals surface area contributed by atoms with Crippen molar-refractivity contribution in [2.75, 3.05) is 13.2 Å². The topological polar surface area (TPSA) is 149 Å². The van der Waals surface area contributed by atoms with Crippen LogP contribution in [0.5, 0.6) is 0 Å². The Morgan fingerprint density at radius 2 is 0.808 bits per heavy atom. The number of hydrogen-bond acceptors (Lipinski definition) is 8. The number of allylic oxidation sites excluding steroid dienone is 11. The summed E-state index contributed by atoms with van der Waals surface area (Å²) in [6.07, 6.45) is 74.3. The number of nitrogens with one attached hydrogen (secondary N) is 1. The van der Waals surface area contributed by atoms with Crippen molar-refractivity contribution in [3.8, 4) is 0 Å². The van der Waals surface area contributed by atoms with Crippen LogP contribution in [0.4, 0.5) is 0 Å². The molecular formula is C69H125NO8. The quantitative estimate of drug-likeness (QED) is 0.0261. The second-order valence-corrected chi connectivity index (χ2v) is 22.9. The Hall–Kier alpha value is -2.37. The summed E-state index contributed by atoms with van der Waals surface area (Å²) in [6, 6.07) is -0.823. The van der Waals surface area contributed by atoms with Gasteiger partial charge in [-0.2, -0.15) is 0 Å². The average Bonchev–Trinajstić information content (AvgIpc) is 3.45. The lowest BCUT2D eigenvalue weighted by molar-refractivity contribution is -0.302. The van der Waals surface area contributed by atoms with Crippen molar-refractivity contribution in [3.05, 3.63) is 72.9 Å². The third kappa shape index (κ3) is 46.3. The fraction of sp³-hybridized carbons (Fsp3) is 0.812. The molecule has 1 saturated heterocycles. The Morgan fingerprint density at radius 3 is 1.23 bits per heavy atom. The lowest BCUT2D eigenvalue weighted by atomic mass is 9.99. The number of hydrogen-bond donors (Lipinski definition) is 6. The lowest BCUT2D eigenvalue weighted by Gasteiger charge is -2.40. The molecule has 1 aliphatic rings. The molecule has 0 radical (unpaired) electrons. The van der Waals surface area contributed by atoms with Gasteiger partial charge in [0.05, 0.1) is 25.4 Å². The summed E-state index contributed by atoms with van der Waals surface area (Å²) >= 11 is 0. The third-order valence-electron chi connectivity index (χ3n) is 15.5. The molecule has 0 saturated carbocycles. The number of aliphatic hydroxyl groups is 5. The van der Waals surface area contributed by atoms with E-state index in [1.54, 1.807) is 6.08 Å². The molecule has 0 aliphatic carbocycles. The molecule has 0 aromatic heterocycles. The van der Waals surface area contributed by atoms with Gasteiger partial charge in [-0.25, -0.2) is 0 Å². The molecule has 9 nitrogen and oxygen atoms in total. The van der Waals surface area contributed by atoms with E-state index in [1.807, 2.05) is 6.08 Å². The number of ether oxygens (including phenoxy) is 2. The molecule has 0 aromatic carbocycles. The summed E-state index contributed by atoms with van der Waals surface area (Å²) in [4.78, 5) is 13.1. The van der Waals surface area contributed by atoms with Crippen LogP contribution in [-0.2, 0) is 14.3 Å². The zero-order valence-corrected chi connectivity index (χ0v) is 50.7. The highest BCUT2D eigenvalue weighted by Crippen LogP contribution is 2.23. The maximum atomic E-state index is 13.1. The molecule has 1 aliphatic heterocycles. The van der Waals surface area contributed by atoms with Crippen LogP contribution in [0.15, 0.2) is 72.9 Å². The van der Waals surface area contributed by atoms with Gasteiger partial charge in [-0.1, -0.05) is 299 Å². The molecule has 1 heterocycles. The summed E-state index contributed by atoms with van der Waals surface area (Å²) in [7, 11) is 0. The summed E-state index contributed by atoms with van der Waals surface area (Å²) in [5.74, 6) is -0.183. The molecule has 6 N–H and O–H groups in total. The van der Waals surface area contributed by atoms with E-state index in [1.165, 1.54) is 218 Å². The van der Waals surface area contributed by atoms with Crippen LogP contribution in [0.1, 0.15) is 303 Å². The molecule has 1 fully saturated rings. The van der Waals surface area contributed by atoms with E-state index >= 15 is 0 Å². The predicted octanol–water partition coefficient (Wildman–Crippen LogP) is 17.6. The standard InChI is InChI=1S/C69H125NO8/c1-3-5-7-9-11-13-15-17-19-21-23-25-26-27-28-29-30-31-32-33-34-35-36-37-38-39-41-43-45-47-49-51-53-55-57-59-65(73)70-62(61-77-69-68(76)67(75)66(74)64(60-71)78-69)63(72)58-56-54-52-50-48-46-44-42-40-24-22-20-18-16-14-12-10-8-6-4-2/h5,7,11,13,17,19,23,25,48,50,56,58,62-64,66-69,71-72,74-76H,3-4,6,8-10,12,14-16,18,20-22,24,26-47,49,51-55,57,59-61H2,1-2H3,(H,70,73)/b7-5-,13-11-,19-17-,25-23-,50-48+,58-56+. The fourth-order valence-electron chi connectivity index (χ4n) is 10.3. The largest absolute Gasteiger partial charge is 0.394 e. The molecule has 0 spiro atoms. The van der Waals surface area contributed by atoms with Gasteiger partial charge in [0.15, 0.2) is 6.29 Å². The Balaban J connectivity index is 2.12. The van der Waals surface area contributed by atoms with Crippen LogP contribution in [0.2, 0.25) is 0 Å². The highest BCUT2D eigenvalue weighted by Gasteiger charge is 2.44. The SMILES string of the molecule is CC/C=C\C/C=C\C/C=C\C/C=C\CCCCCCCCCCCCCCCCCCCCCCCCC(=O)NC(COC1OC(CO)C(O)C(O)C1O)C(O)/C=C/CC/C=C/CCCCCCCCCCCCCCCC. The molecule has 78 heavy (non-hydrogen) atoms. The summed E-state index contributed by atoms with van der Waals surface area (Å²) < 4.78 is 11.3. The second kappa shape index (κ2) is 57.8. The monoisotopic (exact) mass is 1100 g/mol. The van der Waals surface area contributed by atoms with E-state index in [-0.39, 0.29) is 12.5 Å². The number of rotatable bonds is 57. The van der Waals surface area contributed by atoms with Crippen molar-refractivity contribution >= 4 is 5.91 Å². The van der Waals surface area contributed by atoms with E-state index in [0.29, 0.717) is 6.42 Å². The number of carbonyl (C=O) groups excluding carboxylic acids is 1. The van der Waals surface area contributed by atoms with Gasteiger partial charge in [-0.3, -0.25) is 4.79 Å². The fourth-order valence-corrected chi connectivity index (χ4v) is 10.3. The van der Waals surface area contributed by atoms with Crippen molar-refractivity contribution in [2.24, 2.45) is 0 Å². The second-order valence-electron chi connectivity index (χ2n) is 22.9. The smallest absolute Gasteiger partial charge is 0.220 e. The first-order chi connectivity index (χ1) is 38.3. The molecular weight excluding hydrogens is 971 g/mol. The van der Waals surface area contributed by atoms with Crippen LogP contribution >= 0.6 is 0 Å². The Bertz CT molecular complexity index is 1460. The van der Waals surface area contributed by atoms with Crippen molar-refractivity contribution in [3.63, 3.8) is 0 Å². The van der Waals surface area contributed by atoms with Gasteiger partial charge in [0.1, 0.15) is 24.4 Å². The number of carbonyl (C=O) groups is 1. The minimum absolute atomic E-state index is 0.183. The van der Waals surface area contributed by atoms with E-state index in [0.717, 1.165) is 64.2 Å². The first-order valence-corrected chi connectivity index (χ1v) is 33.2. The van der Waals surface area contributed by atoms with E-state index in [9.17, 15) is 30.3 Å². The molecule has 1 amide bonds. The molecule has 9 heteroatoms. The first kappa shape index (κ1) is 73.6. The van der Waals surface area contributed by atoms with E-state index < -0.39 is 49.5 Å². The van der Waals surface area contributed by atoms with Crippen LogP contribution in [0.3, 0.4) is 0 Å². The molecule has 1 rings (SSSR count). The first-order valence-electron chi connectivity index (χ1n) is 33.2. The molecule has 7 atom stereocenters. The Kier molecular flexibility index (Phi) is 54.6. The zero-order chi connectivity index (χ0) is 56.5. The van der Waals surface area contributed by atoms with Gasteiger partial charge in [0, 0.05) is 6.42 Å².